The topological polar surface area (TPSA) is 99.2 Å². The van der Waals surface area contributed by atoms with Gasteiger partial charge in [0.15, 0.2) is 6.61 Å². The lowest BCUT2D eigenvalue weighted by molar-refractivity contribution is -0.120. The van der Waals surface area contributed by atoms with Gasteiger partial charge in [-0.05, 0) is 43.7 Å². The predicted octanol–water partition coefficient (Wildman–Crippen LogP) is 2.83. The van der Waals surface area contributed by atoms with E-state index in [2.05, 4.69) is 5.32 Å². The first-order valence-corrected chi connectivity index (χ1v) is 9.40. The van der Waals surface area contributed by atoms with Crippen molar-refractivity contribution in [2.45, 2.75) is 26.2 Å². The first-order chi connectivity index (χ1) is 13.9. The van der Waals surface area contributed by atoms with Crippen LogP contribution in [0.5, 0.6) is 5.75 Å². The van der Waals surface area contributed by atoms with Crippen LogP contribution in [0.3, 0.4) is 0 Å². The van der Waals surface area contributed by atoms with Gasteiger partial charge in [0.05, 0.1) is 11.4 Å². The zero-order chi connectivity index (χ0) is 20.5. The molecule has 1 atom stereocenters. The molecule has 1 aromatic heterocycles. The van der Waals surface area contributed by atoms with Crippen molar-refractivity contribution >= 4 is 17.6 Å². The molecule has 7 heteroatoms. The molecule has 29 heavy (non-hydrogen) atoms. The van der Waals surface area contributed by atoms with Crippen molar-refractivity contribution in [3.63, 3.8) is 0 Å². The van der Waals surface area contributed by atoms with Crippen LogP contribution in [0.4, 0.5) is 5.82 Å². The molecular formula is C22H22N4O3. The number of nitrogens with zero attached hydrogens (tertiary/aromatic N) is 2. The largest absolute Gasteiger partial charge is 0.484 e. The normalized spacial score (nSPS) is 15.5. The van der Waals surface area contributed by atoms with Crippen LogP contribution in [0, 0.1) is 13.8 Å². The molecule has 1 aliphatic rings. The Balaban J connectivity index is 1.70. The third-order valence-corrected chi connectivity index (χ3v) is 5.04. The number of hydrogen-bond acceptors (Lipinski definition) is 4. The van der Waals surface area contributed by atoms with Crippen LogP contribution >= 0.6 is 0 Å². The van der Waals surface area contributed by atoms with Gasteiger partial charge in [0.25, 0.3) is 5.91 Å². The SMILES string of the molecule is Cc1ccc(-n2nc(C)c3c2NC(=O)C[C@@H]3c2ccc(OCC(N)=O)cc2)cc1. The van der Waals surface area contributed by atoms with Crippen molar-refractivity contribution in [3.05, 3.63) is 70.9 Å². The van der Waals surface area contributed by atoms with Gasteiger partial charge >= 0.3 is 0 Å². The number of aromatic nitrogens is 2. The van der Waals surface area contributed by atoms with Crippen molar-refractivity contribution in [2.24, 2.45) is 5.73 Å². The quantitative estimate of drug-likeness (QED) is 0.700. The summed E-state index contributed by atoms with van der Waals surface area (Å²) in [7, 11) is 0. The van der Waals surface area contributed by atoms with Gasteiger partial charge < -0.3 is 15.8 Å². The van der Waals surface area contributed by atoms with Crippen LogP contribution in [0.25, 0.3) is 5.69 Å². The van der Waals surface area contributed by atoms with Gasteiger partial charge in [0, 0.05) is 17.9 Å². The van der Waals surface area contributed by atoms with E-state index in [0.29, 0.717) is 18.0 Å². The average molecular weight is 390 g/mol. The van der Waals surface area contributed by atoms with Gasteiger partial charge in [-0.1, -0.05) is 29.8 Å². The second-order valence-electron chi connectivity index (χ2n) is 7.22. The van der Waals surface area contributed by atoms with E-state index in [0.717, 1.165) is 28.1 Å². The molecule has 4 rings (SSSR count). The first kappa shape index (κ1) is 18.7. The number of amides is 2. The number of nitrogens with two attached hydrogens (primary N) is 1. The highest BCUT2D eigenvalue weighted by molar-refractivity contribution is 5.95. The average Bonchev–Trinajstić information content (AvgIpc) is 3.03. The Bertz CT molecular complexity index is 1070. The summed E-state index contributed by atoms with van der Waals surface area (Å²) in [6.45, 7) is 3.82. The number of fused-ring (bicyclic) bond motifs is 1. The number of anilines is 1. The molecular weight excluding hydrogens is 368 g/mol. The lowest BCUT2D eigenvalue weighted by Gasteiger charge is -2.24. The molecule has 3 N–H and O–H groups in total. The molecule has 0 radical (unpaired) electrons. The Labute approximate surface area is 168 Å². The molecule has 3 aromatic rings. The highest BCUT2D eigenvalue weighted by Crippen LogP contribution is 2.40. The highest BCUT2D eigenvalue weighted by Gasteiger charge is 2.32. The van der Waals surface area contributed by atoms with E-state index in [4.69, 9.17) is 15.6 Å². The fourth-order valence-electron chi connectivity index (χ4n) is 3.66. The number of aryl methyl sites for hydroxylation is 2. The van der Waals surface area contributed by atoms with Gasteiger partial charge in [0.2, 0.25) is 5.91 Å². The standard InChI is InChI=1S/C22H22N4O3/c1-13-3-7-16(8-4-13)26-22-21(14(2)25-26)18(11-20(28)24-22)15-5-9-17(10-6-15)29-12-19(23)27/h3-10,18H,11-12H2,1-2H3,(H2,23,27)(H,24,28)/t18-/m1/s1. The fraction of sp³-hybridized carbons (Fsp3) is 0.227. The molecule has 0 bridgehead atoms. The van der Waals surface area contributed by atoms with E-state index in [1.165, 1.54) is 0 Å². The zero-order valence-corrected chi connectivity index (χ0v) is 16.3. The summed E-state index contributed by atoms with van der Waals surface area (Å²) in [5.41, 5.74) is 10.0. The van der Waals surface area contributed by atoms with Crippen LogP contribution < -0.4 is 15.8 Å². The minimum atomic E-state index is -0.526. The maximum atomic E-state index is 12.5. The van der Waals surface area contributed by atoms with Crippen LogP contribution in [0.1, 0.15) is 34.7 Å². The van der Waals surface area contributed by atoms with E-state index < -0.39 is 5.91 Å². The van der Waals surface area contributed by atoms with Gasteiger partial charge in [-0.2, -0.15) is 5.10 Å². The molecule has 0 unspecified atom stereocenters. The zero-order valence-electron chi connectivity index (χ0n) is 16.3. The number of primary amides is 1. The van der Waals surface area contributed by atoms with Crippen molar-refractivity contribution in [1.29, 1.82) is 0 Å². The molecule has 2 aromatic carbocycles. The van der Waals surface area contributed by atoms with Gasteiger partial charge in [0.1, 0.15) is 11.6 Å². The summed E-state index contributed by atoms with van der Waals surface area (Å²) in [6, 6.07) is 15.4. The molecule has 2 heterocycles. The van der Waals surface area contributed by atoms with Gasteiger partial charge in [-0.15, -0.1) is 0 Å². The van der Waals surface area contributed by atoms with Gasteiger partial charge in [-0.25, -0.2) is 4.68 Å². The summed E-state index contributed by atoms with van der Waals surface area (Å²) < 4.78 is 7.12. The number of carbonyl (C=O) groups is 2. The third kappa shape index (κ3) is 3.71. The van der Waals surface area contributed by atoms with Crippen molar-refractivity contribution < 1.29 is 14.3 Å². The highest BCUT2D eigenvalue weighted by atomic mass is 16.5. The maximum absolute atomic E-state index is 12.5. The molecule has 2 amide bonds. The Hall–Kier alpha value is -3.61. The lowest BCUT2D eigenvalue weighted by atomic mass is 9.86. The lowest BCUT2D eigenvalue weighted by Crippen LogP contribution is -2.25. The third-order valence-electron chi connectivity index (χ3n) is 5.04. The van der Waals surface area contributed by atoms with E-state index >= 15 is 0 Å². The van der Waals surface area contributed by atoms with E-state index in [-0.39, 0.29) is 18.4 Å². The Morgan fingerprint density at radius 3 is 2.52 bits per heavy atom. The molecule has 148 valence electrons. The smallest absolute Gasteiger partial charge is 0.255 e. The number of nitrogens with one attached hydrogen (secondary N) is 1. The summed E-state index contributed by atoms with van der Waals surface area (Å²) in [5, 5.41) is 7.69. The first-order valence-electron chi connectivity index (χ1n) is 9.40. The summed E-state index contributed by atoms with van der Waals surface area (Å²) in [6.07, 6.45) is 0.342. The van der Waals surface area contributed by atoms with E-state index in [9.17, 15) is 9.59 Å². The molecule has 7 nitrogen and oxygen atoms in total. The van der Waals surface area contributed by atoms with Crippen molar-refractivity contribution in [1.82, 2.24) is 9.78 Å². The Morgan fingerprint density at radius 2 is 1.86 bits per heavy atom. The molecule has 0 fully saturated rings. The second-order valence-corrected chi connectivity index (χ2v) is 7.22. The van der Waals surface area contributed by atoms with Crippen LogP contribution in [0.2, 0.25) is 0 Å². The minimum absolute atomic E-state index is 0.0511. The van der Waals surface area contributed by atoms with Crippen LogP contribution in [-0.4, -0.2) is 28.2 Å². The minimum Gasteiger partial charge on any atom is -0.484 e. The predicted molar refractivity (Wildman–Crippen MR) is 109 cm³/mol. The van der Waals surface area contributed by atoms with Crippen LogP contribution in [-0.2, 0) is 9.59 Å². The number of benzene rings is 2. The fourth-order valence-corrected chi connectivity index (χ4v) is 3.66. The maximum Gasteiger partial charge on any atom is 0.255 e. The van der Waals surface area contributed by atoms with E-state index in [1.807, 2.05) is 50.2 Å². The number of carbonyl (C=O) groups excluding carboxylic acids is 2. The van der Waals surface area contributed by atoms with Gasteiger partial charge in [-0.3, -0.25) is 9.59 Å². The summed E-state index contributed by atoms with van der Waals surface area (Å²) >= 11 is 0. The molecule has 0 saturated carbocycles. The van der Waals surface area contributed by atoms with Crippen molar-refractivity contribution in [2.75, 3.05) is 11.9 Å². The number of hydrogen-bond donors (Lipinski definition) is 2. The molecule has 0 saturated heterocycles. The Kier molecular flexibility index (Phi) is 4.80. The molecule has 0 aliphatic carbocycles. The van der Waals surface area contributed by atoms with Crippen molar-refractivity contribution in [3.8, 4) is 11.4 Å². The second kappa shape index (κ2) is 7.43. The number of ether oxygens (including phenoxy) is 1. The number of rotatable bonds is 5. The van der Waals surface area contributed by atoms with E-state index in [1.54, 1.807) is 16.8 Å². The summed E-state index contributed by atoms with van der Waals surface area (Å²) in [4.78, 5) is 23.4. The molecule has 1 aliphatic heterocycles. The summed E-state index contributed by atoms with van der Waals surface area (Å²) in [5.74, 6) is 0.580. The monoisotopic (exact) mass is 390 g/mol. The van der Waals surface area contributed by atoms with Crippen LogP contribution in [0.15, 0.2) is 48.5 Å². The molecule has 0 spiro atoms. The Morgan fingerprint density at radius 1 is 1.17 bits per heavy atom.